The van der Waals surface area contributed by atoms with Gasteiger partial charge in [0.05, 0.1) is 8.45 Å². The van der Waals surface area contributed by atoms with Gasteiger partial charge in [-0.2, -0.15) is 0 Å². The summed E-state index contributed by atoms with van der Waals surface area (Å²) in [6, 6.07) is 8.46. The van der Waals surface area contributed by atoms with E-state index in [2.05, 4.69) is 33.2 Å². The zero-order chi connectivity index (χ0) is 16.1. The lowest BCUT2D eigenvalue weighted by Gasteiger charge is -2.09. The third kappa shape index (κ3) is 4.70. The highest BCUT2D eigenvalue weighted by Crippen LogP contribution is 2.22. The number of amides is 2. The van der Waals surface area contributed by atoms with Gasteiger partial charge in [-0.1, -0.05) is 0 Å². The number of carbonyl (C=O) groups is 2. The fourth-order valence-electron chi connectivity index (χ4n) is 1.88. The van der Waals surface area contributed by atoms with Crippen molar-refractivity contribution in [2.75, 3.05) is 11.9 Å². The second-order valence-electron chi connectivity index (χ2n) is 4.62. The molecule has 0 unspecified atom stereocenters. The molecule has 2 amide bonds. The number of phenols is 1. The van der Waals surface area contributed by atoms with Crippen LogP contribution in [0.3, 0.4) is 0 Å². The molecule has 7 heteroatoms. The highest BCUT2D eigenvalue weighted by molar-refractivity contribution is 14.1. The monoisotopic (exact) mass is 430 g/mol. The van der Waals surface area contributed by atoms with Crippen LogP contribution in [0.15, 0.2) is 30.3 Å². The first-order valence-electron chi connectivity index (χ1n) is 6.58. The third-order valence-electron chi connectivity index (χ3n) is 2.85. The van der Waals surface area contributed by atoms with Crippen molar-refractivity contribution >= 4 is 51.4 Å². The van der Waals surface area contributed by atoms with Gasteiger partial charge in [0.2, 0.25) is 5.91 Å². The highest BCUT2D eigenvalue weighted by Gasteiger charge is 2.12. The molecule has 1 heterocycles. The summed E-state index contributed by atoms with van der Waals surface area (Å²) in [5.41, 5.74) is 0.621. The summed E-state index contributed by atoms with van der Waals surface area (Å²) in [5.74, 6) is -0.711. The average Bonchev–Trinajstić information content (AvgIpc) is 2.86. The van der Waals surface area contributed by atoms with Crippen LogP contribution in [0.4, 0.5) is 5.69 Å². The van der Waals surface area contributed by atoms with Crippen LogP contribution in [0.2, 0.25) is 0 Å². The summed E-state index contributed by atoms with van der Waals surface area (Å²) in [6.45, 7) is 1.87. The normalized spacial score (nSPS) is 10.3. The predicted octanol–water partition coefficient (Wildman–Crippen LogP) is 2.99. The van der Waals surface area contributed by atoms with E-state index in [4.69, 9.17) is 0 Å². The Morgan fingerprint density at radius 3 is 2.68 bits per heavy atom. The number of aromatic hydroxyl groups is 1. The van der Waals surface area contributed by atoms with E-state index in [0.29, 0.717) is 12.2 Å². The van der Waals surface area contributed by atoms with Crippen molar-refractivity contribution in [1.82, 2.24) is 5.32 Å². The molecule has 0 bridgehead atoms. The fraction of sp³-hybridized carbons (Fsp3) is 0.200. The first kappa shape index (κ1) is 16.8. The van der Waals surface area contributed by atoms with E-state index in [0.717, 1.165) is 6.42 Å². The van der Waals surface area contributed by atoms with Gasteiger partial charge < -0.3 is 15.7 Å². The van der Waals surface area contributed by atoms with Crippen molar-refractivity contribution in [3.05, 3.63) is 43.7 Å². The standard InChI is InChI=1S/C15H15IN2O3S/c1-9(19)18-10-2-4-13(20)12(8-10)15(21)17-7-6-11-3-5-14(16)22-11/h2-5,8,20H,6-7H2,1H3,(H,17,21)(H,18,19). The summed E-state index contributed by atoms with van der Waals surface area (Å²) in [7, 11) is 0. The molecule has 0 radical (unpaired) electrons. The lowest BCUT2D eigenvalue weighted by Crippen LogP contribution is -2.25. The van der Waals surface area contributed by atoms with E-state index in [1.165, 1.54) is 26.8 Å². The van der Waals surface area contributed by atoms with Gasteiger partial charge in [-0.25, -0.2) is 0 Å². The van der Waals surface area contributed by atoms with Crippen molar-refractivity contribution in [2.24, 2.45) is 0 Å². The Hall–Kier alpha value is -1.61. The lowest BCUT2D eigenvalue weighted by atomic mass is 10.1. The fourth-order valence-corrected chi connectivity index (χ4v) is 3.63. The molecule has 1 aromatic heterocycles. The van der Waals surface area contributed by atoms with Gasteiger partial charge in [0, 0.05) is 24.0 Å². The molecule has 3 N–H and O–H groups in total. The molecule has 0 saturated heterocycles. The number of phenolic OH excluding ortho intramolecular Hbond substituents is 1. The van der Waals surface area contributed by atoms with Crippen LogP contribution < -0.4 is 10.6 Å². The number of anilines is 1. The number of hydrogen-bond donors (Lipinski definition) is 3. The Balaban J connectivity index is 1.97. The van der Waals surface area contributed by atoms with Gasteiger partial charge in [-0.3, -0.25) is 9.59 Å². The molecule has 1 aromatic carbocycles. The minimum Gasteiger partial charge on any atom is -0.507 e. The zero-order valence-corrected chi connectivity index (χ0v) is 14.8. The Bertz CT molecular complexity index is 700. The molecule has 0 fully saturated rings. The highest BCUT2D eigenvalue weighted by atomic mass is 127. The maximum atomic E-state index is 12.1. The predicted molar refractivity (Wildman–Crippen MR) is 95.5 cm³/mol. The molecule has 0 saturated carbocycles. The number of halogens is 1. The van der Waals surface area contributed by atoms with E-state index >= 15 is 0 Å². The van der Waals surface area contributed by atoms with Crippen molar-refractivity contribution in [1.29, 1.82) is 0 Å². The Morgan fingerprint density at radius 1 is 1.27 bits per heavy atom. The van der Waals surface area contributed by atoms with E-state index in [1.54, 1.807) is 17.4 Å². The van der Waals surface area contributed by atoms with Crippen molar-refractivity contribution in [2.45, 2.75) is 13.3 Å². The van der Waals surface area contributed by atoms with E-state index < -0.39 is 0 Å². The number of carbonyl (C=O) groups excluding carboxylic acids is 2. The lowest BCUT2D eigenvalue weighted by molar-refractivity contribution is -0.114. The van der Waals surface area contributed by atoms with Crippen LogP contribution in [-0.4, -0.2) is 23.5 Å². The number of benzene rings is 1. The quantitative estimate of drug-likeness (QED) is 0.504. The molecule has 2 rings (SSSR count). The average molecular weight is 430 g/mol. The van der Waals surface area contributed by atoms with Gasteiger partial charge in [-0.15, -0.1) is 11.3 Å². The van der Waals surface area contributed by atoms with E-state index in [9.17, 15) is 14.7 Å². The molecular weight excluding hydrogens is 415 g/mol. The maximum absolute atomic E-state index is 12.1. The Kier molecular flexibility index (Phi) is 5.78. The zero-order valence-electron chi connectivity index (χ0n) is 11.9. The van der Waals surface area contributed by atoms with Gasteiger partial charge in [0.1, 0.15) is 5.75 Å². The first-order chi connectivity index (χ1) is 10.5. The van der Waals surface area contributed by atoms with Gasteiger partial charge >= 0.3 is 0 Å². The second-order valence-corrected chi connectivity index (χ2v) is 7.69. The Morgan fingerprint density at radius 2 is 2.05 bits per heavy atom. The summed E-state index contributed by atoms with van der Waals surface area (Å²) in [5, 5.41) is 15.1. The van der Waals surface area contributed by atoms with Crippen LogP contribution in [0, 0.1) is 2.88 Å². The molecule has 0 aliphatic carbocycles. The molecule has 0 atom stereocenters. The SMILES string of the molecule is CC(=O)Nc1ccc(O)c(C(=O)NCCc2ccc(I)s2)c1. The van der Waals surface area contributed by atoms with Crippen LogP contribution in [0.25, 0.3) is 0 Å². The van der Waals surface area contributed by atoms with E-state index in [-0.39, 0.29) is 23.1 Å². The molecule has 0 aliphatic rings. The molecule has 5 nitrogen and oxygen atoms in total. The molecule has 2 aromatic rings. The molecular formula is C15H15IN2O3S. The van der Waals surface area contributed by atoms with Gasteiger partial charge in [0.15, 0.2) is 0 Å². The summed E-state index contributed by atoms with van der Waals surface area (Å²) < 4.78 is 1.21. The first-order valence-corrected chi connectivity index (χ1v) is 8.48. The molecule has 22 heavy (non-hydrogen) atoms. The van der Waals surface area contributed by atoms with E-state index in [1.807, 2.05) is 12.1 Å². The summed E-state index contributed by atoms with van der Waals surface area (Å²) in [4.78, 5) is 24.3. The maximum Gasteiger partial charge on any atom is 0.255 e. The van der Waals surface area contributed by atoms with Crippen molar-refractivity contribution < 1.29 is 14.7 Å². The third-order valence-corrected chi connectivity index (χ3v) is 4.80. The number of nitrogens with one attached hydrogen (secondary N) is 2. The van der Waals surface area contributed by atoms with Crippen molar-refractivity contribution in [3.8, 4) is 5.75 Å². The van der Waals surface area contributed by atoms with Gasteiger partial charge in [0.25, 0.3) is 5.91 Å². The van der Waals surface area contributed by atoms with Crippen LogP contribution in [-0.2, 0) is 11.2 Å². The summed E-state index contributed by atoms with van der Waals surface area (Å²) in [6.07, 6.45) is 0.742. The minimum atomic E-state index is -0.365. The number of thiophene rings is 1. The van der Waals surface area contributed by atoms with Crippen LogP contribution >= 0.6 is 33.9 Å². The Labute approximate surface area is 145 Å². The number of hydrogen-bond acceptors (Lipinski definition) is 4. The number of rotatable bonds is 5. The molecule has 0 spiro atoms. The van der Waals surface area contributed by atoms with Crippen LogP contribution in [0.5, 0.6) is 5.75 Å². The molecule has 116 valence electrons. The largest absolute Gasteiger partial charge is 0.507 e. The topological polar surface area (TPSA) is 78.4 Å². The minimum absolute atomic E-state index is 0.114. The molecule has 0 aliphatic heterocycles. The second kappa shape index (κ2) is 7.59. The summed E-state index contributed by atoms with van der Waals surface area (Å²) >= 11 is 3.94. The smallest absolute Gasteiger partial charge is 0.255 e. The van der Waals surface area contributed by atoms with Crippen LogP contribution in [0.1, 0.15) is 22.2 Å². The van der Waals surface area contributed by atoms with Crippen molar-refractivity contribution in [3.63, 3.8) is 0 Å². The van der Waals surface area contributed by atoms with Gasteiger partial charge in [-0.05, 0) is 59.3 Å².